The zero-order valence-corrected chi connectivity index (χ0v) is 9.54. The van der Waals surface area contributed by atoms with E-state index in [1.807, 2.05) is 30.3 Å². The standard InChI is InChI=1S/C12H15ClO2/c1-2-15-12(14)9-8-11(13)10-6-4-3-5-7-10/h3-7,11H,2,8-9H2,1H3. The minimum atomic E-state index is -0.181. The lowest BCUT2D eigenvalue weighted by Crippen LogP contribution is -2.05. The lowest BCUT2D eigenvalue weighted by atomic mass is 10.1. The van der Waals surface area contributed by atoms with Crippen LogP contribution in [0.25, 0.3) is 0 Å². The van der Waals surface area contributed by atoms with E-state index in [2.05, 4.69) is 0 Å². The van der Waals surface area contributed by atoms with Gasteiger partial charge in [-0.2, -0.15) is 0 Å². The molecule has 82 valence electrons. The summed E-state index contributed by atoms with van der Waals surface area (Å²) >= 11 is 6.14. The van der Waals surface area contributed by atoms with Crippen molar-refractivity contribution < 1.29 is 9.53 Å². The van der Waals surface area contributed by atoms with Gasteiger partial charge in [0.25, 0.3) is 0 Å². The van der Waals surface area contributed by atoms with E-state index in [4.69, 9.17) is 16.3 Å². The molecule has 0 saturated heterocycles. The third-order valence-electron chi connectivity index (χ3n) is 2.07. The molecule has 1 atom stereocenters. The van der Waals surface area contributed by atoms with Gasteiger partial charge in [0.2, 0.25) is 0 Å². The smallest absolute Gasteiger partial charge is 0.305 e. The van der Waals surface area contributed by atoms with Gasteiger partial charge >= 0.3 is 5.97 Å². The van der Waals surface area contributed by atoms with E-state index in [1.54, 1.807) is 6.92 Å². The van der Waals surface area contributed by atoms with Crippen LogP contribution in [-0.4, -0.2) is 12.6 Å². The molecule has 1 aromatic rings. The molecule has 0 aromatic heterocycles. The van der Waals surface area contributed by atoms with E-state index in [1.165, 1.54) is 0 Å². The van der Waals surface area contributed by atoms with Gasteiger partial charge in [0, 0.05) is 6.42 Å². The van der Waals surface area contributed by atoms with Crippen molar-refractivity contribution in [3.8, 4) is 0 Å². The number of carbonyl (C=O) groups is 1. The van der Waals surface area contributed by atoms with Crippen LogP contribution in [0, 0.1) is 0 Å². The number of ether oxygens (including phenoxy) is 1. The molecule has 0 aliphatic heterocycles. The van der Waals surface area contributed by atoms with Gasteiger partial charge in [-0.25, -0.2) is 0 Å². The summed E-state index contributed by atoms with van der Waals surface area (Å²) in [6.45, 7) is 2.23. The van der Waals surface area contributed by atoms with E-state index >= 15 is 0 Å². The van der Waals surface area contributed by atoms with Crippen LogP contribution in [0.1, 0.15) is 30.7 Å². The van der Waals surface area contributed by atoms with Gasteiger partial charge in [0.15, 0.2) is 0 Å². The molecule has 2 nitrogen and oxygen atoms in total. The molecule has 0 saturated carbocycles. The summed E-state index contributed by atoms with van der Waals surface area (Å²) in [5.41, 5.74) is 1.04. The minimum Gasteiger partial charge on any atom is -0.466 e. The number of hydrogen-bond acceptors (Lipinski definition) is 2. The second-order valence-corrected chi connectivity index (χ2v) is 3.75. The summed E-state index contributed by atoms with van der Waals surface area (Å²) in [6, 6.07) is 9.74. The van der Waals surface area contributed by atoms with Crippen LogP contribution in [-0.2, 0) is 9.53 Å². The van der Waals surface area contributed by atoms with Crippen LogP contribution in [0.3, 0.4) is 0 Å². The first-order valence-corrected chi connectivity index (χ1v) is 5.52. The normalized spacial score (nSPS) is 12.1. The second kappa shape index (κ2) is 6.46. The molecule has 0 aliphatic carbocycles. The zero-order valence-electron chi connectivity index (χ0n) is 8.78. The van der Waals surface area contributed by atoms with E-state index in [0.717, 1.165) is 5.56 Å². The van der Waals surface area contributed by atoms with Gasteiger partial charge in [-0.05, 0) is 18.9 Å². The molecular weight excluding hydrogens is 212 g/mol. The Morgan fingerprint density at radius 1 is 1.40 bits per heavy atom. The highest BCUT2D eigenvalue weighted by atomic mass is 35.5. The summed E-state index contributed by atoms with van der Waals surface area (Å²) in [4.78, 5) is 11.1. The molecular formula is C12H15ClO2. The summed E-state index contributed by atoms with van der Waals surface area (Å²) in [5, 5.41) is -0.115. The van der Waals surface area contributed by atoms with Crippen LogP contribution in [0.4, 0.5) is 0 Å². The van der Waals surface area contributed by atoms with Crippen molar-refractivity contribution in [3.05, 3.63) is 35.9 Å². The molecule has 3 heteroatoms. The minimum absolute atomic E-state index is 0.115. The Labute approximate surface area is 95.2 Å². The molecule has 0 bridgehead atoms. The monoisotopic (exact) mass is 226 g/mol. The molecule has 0 amide bonds. The fourth-order valence-corrected chi connectivity index (χ4v) is 1.56. The Hall–Kier alpha value is -1.02. The first-order chi connectivity index (χ1) is 7.24. The number of halogens is 1. The first-order valence-electron chi connectivity index (χ1n) is 5.08. The molecule has 1 unspecified atom stereocenters. The highest BCUT2D eigenvalue weighted by Gasteiger charge is 2.10. The lowest BCUT2D eigenvalue weighted by Gasteiger charge is -2.08. The van der Waals surface area contributed by atoms with Gasteiger partial charge in [0.05, 0.1) is 12.0 Å². The highest BCUT2D eigenvalue weighted by molar-refractivity contribution is 6.20. The number of esters is 1. The molecule has 0 N–H and O–H groups in total. The summed E-state index contributed by atoms with van der Waals surface area (Å²) < 4.78 is 4.83. The van der Waals surface area contributed by atoms with Crippen LogP contribution in [0.5, 0.6) is 0 Å². The van der Waals surface area contributed by atoms with Crippen molar-refractivity contribution in [1.29, 1.82) is 0 Å². The molecule has 0 heterocycles. The topological polar surface area (TPSA) is 26.3 Å². The molecule has 15 heavy (non-hydrogen) atoms. The van der Waals surface area contributed by atoms with Crippen molar-refractivity contribution in [2.24, 2.45) is 0 Å². The number of benzene rings is 1. The van der Waals surface area contributed by atoms with E-state index in [0.29, 0.717) is 19.4 Å². The fourth-order valence-electron chi connectivity index (χ4n) is 1.31. The van der Waals surface area contributed by atoms with Crippen LogP contribution in [0.2, 0.25) is 0 Å². The average Bonchev–Trinajstić information content (AvgIpc) is 2.27. The zero-order chi connectivity index (χ0) is 11.1. The quantitative estimate of drug-likeness (QED) is 0.569. The van der Waals surface area contributed by atoms with E-state index in [9.17, 15) is 4.79 Å². The van der Waals surface area contributed by atoms with Crippen LogP contribution >= 0.6 is 11.6 Å². The Bertz CT molecular complexity index is 298. The average molecular weight is 227 g/mol. The van der Waals surface area contributed by atoms with Gasteiger partial charge in [-0.1, -0.05) is 30.3 Å². The Kier molecular flexibility index (Phi) is 5.19. The second-order valence-electron chi connectivity index (χ2n) is 3.22. The van der Waals surface area contributed by atoms with Crippen LogP contribution in [0.15, 0.2) is 30.3 Å². The SMILES string of the molecule is CCOC(=O)CCC(Cl)c1ccccc1. The number of alkyl halides is 1. The Morgan fingerprint density at radius 2 is 2.07 bits per heavy atom. The van der Waals surface area contributed by atoms with Crippen LogP contribution < -0.4 is 0 Å². The third-order valence-corrected chi connectivity index (χ3v) is 2.54. The number of hydrogen-bond donors (Lipinski definition) is 0. The highest BCUT2D eigenvalue weighted by Crippen LogP contribution is 2.25. The van der Waals surface area contributed by atoms with Gasteiger partial charge in [-0.15, -0.1) is 11.6 Å². The molecule has 1 rings (SSSR count). The van der Waals surface area contributed by atoms with E-state index in [-0.39, 0.29) is 11.3 Å². The van der Waals surface area contributed by atoms with Gasteiger partial charge in [-0.3, -0.25) is 4.79 Å². The fraction of sp³-hybridized carbons (Fsp3) is 0.417. The van der Waals surface area contributed by atoms with Crippen molar-refractivity contribution in [1.82, 2.24) is 0 Å². The Morgan fingerprint density at radius 3 is 2.67 bits per heavy atom. The predicted molar refractivity (Wildman–Crippen MR) is 60.9 cm³/mol. The van der Waals surface area contributed by atoms with Crippen molar-refractivity contribution in [3.63, 3.8) is 0 Å². The number of rotatable bonds is 5. The summed E-state index contributed by atoms with van der Waals surface area (Å²) in [6.07, 6.45) is 0.987. The summed E-state index contributed by atoms with van der Waals surface area (Å²) in [7, 11) is 0. The van der Waals surface area contributed by atoms with Crippen molar-refractivity contribution in [2.45, 2.75) is 25.1 Å². The Balaban J connectivity index is 2.37. The van der Waals surface area contributed by atoms with Crippen molar-refractivity contribution >= 4 is 17.6 Å². The van der Waals surface area contributed by atoms with Gasteiger partial charge in [0.1, 0.15) is 0 Å². The van der Waals surface area contributed by atoms with Gasteiger partial charge < -0.3 is 4.74 Å². The maximum absolute atomic E-state index is 11.1. The lowest BCUT2D eigenvalue weighted by molar-refractivity contribution is -0.143. The largest absolute Gasteiger partial charge is 0.466 e. The molecule has 0 fully saturated rings. The number of carbonyl (C=O) groups excluding carboxylic acids is 1. The first kappa shape index (κ1) is 12.1. The third kappa shape index (κ3) is 4.34. The molecule has 0 aliphatic rings. The maximum Gasteiger partial charge on any atom is 0.305 e. The van der Waals surface area contributed by atoms with Crippen molar-refractivity contribution in [2.75, 3.05) is 6.61 Å². The molecule has 1 aromatic carbocycles. The van der Waals surface area contributed by atoms with E-state index < -0.39 is 0 Å². The molecule has 0 spiro atoms. The predicted octanol–water partition coefficient (Wildman–Crippen LogP) is 3.31. The summed E-state index contributed by atoms with van der Waals surface area (Å²) in [5.74, 6) is -0.181. The molecule has 0 radical (unpaired) electrons. The maximum atomic E-state index is 11.1.